The Balaban J connectivity index is 1.39. The number of hydrogen-bond donors (Lipinski definition) is 0. The van der Waals surface area contributed by atoms with Crippen molar-refractivity contribution in [2.75, 3.05) is 0 Å². The van der Waals surface area contributed by atoms with E-state index in [-0.39, 0.29) is 0 Å². The molecule has 0 nitrogen and oxygen atoms in total. The Morgan fingerprint density at radius 2 is 0.682 bits per heavy atom. The molecule has 0 saturated heterocycles. The highest BCUT2D eigenvalue weighted by molar-refractivity contribution is 6.24. The molecule has 0 saturated carbocycles. The lowest BCUT2D eigenvalue weighted by Gasteiger charge is -2.17. The molecule has 0 spiro atoms. The normalized spacial score (nSPS) is 11.6. The van der Waals surface area contributed by atoms with Crippen LogP contribution in [0, 0.1) is 0 Å². The molecular weight excluding hydrogens is 528 g/mol. The van der Waals surface area contributed by atoms with E-state index < -0.39 is 0 Å². The predicted molar refractivity (Wildman–Crippen MR) is 190 cm³/mol. The van der Waals surface area contributed by atoms with E-state index in [1.165, 1.54) is 87.2 Å². The summed E-state index contributed by atoms with van der Waals surface area (Å²) in [4.78, 5) is 0. The molecule has 0 N–H and O–H groups in total. The zero-order chi connectivity index (χ0) is 29.0. The zero-order valence-corrected chi connectivity index (χ0v) is 24.2. The van der Waals surface area contributed by atoms with Crippen LogP contribution < -0.4 is 0 Å². The van der Waals surface area contributed by atoms with Gasteiger partial charge >= 0.3 is 0 Å². The van der Waals surface area contributed by atoms with E-state index in [1.807, 2.05) is 0 Å². The Morgan fingerprint density at radius 1 is 0.205 bits per heavy atom. The van der Waals surface area contributed by atoms with E-state index in [2.05, 4.69) is 170 Å². The van der Waals surface area contributed by atoms with E-state index in [1.54, 1.807) is 0 Å². The SMILES string of the molecule is c1ccc(-c2ccc3c(c2)c(-c2ccc4ccccc4c2)cc2c4ccccc4c(-c4ccc5ccccc5c4)cc32)cc1. The molecule has 204 valence electrons. The molecule has 0 unspecified atom stereocenters. The standard InChI is InChI=1S/C44H28/c1-2-10-29(11-3-1)34-22-23-39-42(26-34)41(36-21-19-31-13-5-7-15-33(31)25-36)28-43-38-17-9-8-16-37(38)40(27-44(39)43)35-20-18-30-12-4-6-14-32(30)24-35/h1-28H. The highest BCUT2D eigenvalue weighted by Gasteiger charge is 2.16. The summed E-state index contributed by atoms with van der Waals surface area (Å²) in [6, 6.07) is 62.5. The van der Waals surface area contributed by atoms with Gasteiger partial charge in [0.25, 0.3) is 0 Å². The van der Waals surface area contributed by atoms with E-state index >= 15 is 0 Å². The summed E-state index contributed by atoms with van der Waals surface area (Å²) in [6.45, 7) is 0. The van der Waals surface area contributed by atoms with Crippen molar-refractivity contribution in [3.63, 3.8) is 0 Å². The summed E-state index contributed by atoms with van der Waals surface area (Å²) >= 11 is 0. The van der Waals surface area contributed by atoms with Crippen LogP contribution in [0.3, 0.4) is 0 Å². The number of benzene rings is 9. The summed E-state index contributed by atoms with van der Waals surface area (Å²) in [5, 5.41) is 12.7. The van der Waals surface area contributed by atoms with Gasteiger partial charge in [-0.25, -0.2) is 0 Å². The number of rotatable bonds is 3. The van der Waals surface area contributed by atoms with Gasteiger partial charge in [-0.05, 0) is 118 Å². The minimum Gasteiger partial charge on any atom is -0.0622 e. The van der Waals surface area contributed by atoms with Crippen LogP contribution in [0.15, 0.2) is 170 Å². The molecule has 9 rings (SSSR count). The average molecular weight is 557 g/mol. The monoisotopic (exact) mass is 556 g/mol. The maximum Gasteiger partial charge on any atom is -0.00923 e. The molecule has 0 aliphatic rings. The summed E-state index contributed by atoms with van der Waals surface area (Å²) in [7, 11) is 0. The van der Waals surface area contributed by atoms with Crippen molar-refractivity contribution in [3.8, 4) is 33.4 Å². The summed E-state index contributed by atoms with van der Waals surface area (Å²) < 4.78 is 0. The fraction of sp³-hybridized carbons (Fsp3) is 0. The Bertz CT molecular complexity index is 2540. The quantitative estimate of drug-likeness (QED) is 0.190. The van der Waals surface area contributed by atoms with Gasteiger partial charge in [-0.1, -0.05) is 140 Å². The molecule has 0 aliphatic heterocycles. The Hall–Kier alpha value is -5.72. The van der Waals surface area contributed by atoms with E-state index in [0.717, 1.165) is 0 Å². The van der Waals surface area contributed by atoms with Gasteiger partial charge in [0, 0.05) is 0 Å². The van der Waals surface area contributed by atoms with Crippen LogP contribution in [0.25, 0.3) is 87.2 Å². The molecule has 9 aromatic carbocycles. The molecule has 0 heterocycles. The van der Waals surface area contributed by atoms with Crippen LogP contribution in [0.4, 0.5) is 0 Å². The number of hydrogen-bond acceptors (Lipinski definition) is 0. The van der Waals surface area contributed by atoms with Crippen molar-refractivity contribution in [3.05, 3.63) is 170 Å². The topological polar surface area (TPSA) is 0 Å². The highest BCUT2D eigenvalue weighted by atomic mass is 14.2. The van der Waals surface area contributed by atoms with E-state index in [9.17, 15) is 0 Å². The van der Waals surface area contributed by atoms with Crippen molar-refractivity contribution >= 4 is 53.9 Å². The molecular formula is C44H28. The molecule has 0 amide bonds. The lowest BCUT2D eigenvalue weighted by Crippen LogP contribution is -1.90. The molecule has 0 bridgehead atoms. The molecule has 0 radical (unpaired) electrons. The van der Waals surface area contributed by atoms with Crippen molar-refractivity contribution in [1.29, 1.82) is 0 Å². The minimum absolute atomic E-state index is 1.23. The Labute approximate surface area is 256 Å². The molecule has 9 aromatic rings. The van der Waals surface area contributed by atoms with E-state index in [4.69, 9.17) is 0 Å². The van der Waals surface area contributed by atoms with Gasteiger partial charge in [0.2, 0.25) is 0 Å². The molecule has 0 aromatic heterocycles. The lowest BCUT2D eigenvalue weighted by atomic mass is 9.86. The first kappa shape index (κ1) is 24.8. The molecule has 0 heteroatoms. The third-order valence-corrected chi connectivity index (χ3v) is 9.20. The van der Waals surface area contributed by atoms with E-state index in [0.29, 0.717) is 0 Å². The van der Waals surface area contributed by atoms with Gasteiger partial charge in [-0.3, -0.25) is 0 Å². The van der Waals surface area contributed by atoms with Crippen LogP contribution in [0.1, 0.15) is 0 Å². The third-order valence-electron chi connectivity index (χ3n) is 9.20. The second-order valence-corrected chi connectivity index (χ2v) is 11.7. The maximum atomic E-state index is 2.43. The summed E-state index contributed by atoms with van der Waals surface area (Å²) in [6.07, 6.45) is 0. The average Bonchev–Trinajstić information content (AvgIpc) is 3.10. The van der Waals surface area contributed by atoms with Crippen LogP contribution in [-0.4, -0.2) is 0 Å². The summed E-state index contributed by atoms with van der Waals surface area (Å²) in [5.74, 6) is 0. The van der Waals surface area contributed by atoms with Crippen LogP contribution in [0.5, 0.6) is 0 Å². The third kappa shape index (κ3) is 4.00. The Kier molecular flexibility index (Phi) is 5.61. The van der Waals surface area contributed by atoms with Gasteiger partial charge in [0.15, 0.2) is 0 Å². The molecule has 0 aliphatic carbocycles. The fourth-order valence-corrected chi connectivity index (χ4v) is 7.00. The lowest BCUT2D eigenvalue weighted by molar-refractivity contribution is 1.64. The first-order valence-corrected chi connectivity index (χ1v) is 15.3. The molecule has 44 heavy (non-hydrogen) atoms. The van der Waals surface area contributed by atoms with Crippen molar-refractivity contribution in [2.24, 2.45) is 0 Å². The van der Waals surface area contributed by atoms with Crippen molar-refractivity contribution in [2.45, 2.75) is 0 Å². The van der Waals surface area contributed by atoms with Gasteiger partial charge in [-0.15, -0.1) is 0 Å². The Morgan fingerprint density at radius 3 is 1.32 bits per heavy atom. The molecule has 0 atom stereocenters. The van der Waals surface area contributed by atoms with Gasteiger partial charge < -0.3 is 0 Å². The van der Waals surface area contributed by atoms with Crippen molar-refractivity contribution < 1.29 is 0 Å². The highest BCUT2D eigenvalue weighted by Crippen LogP contribution is 2.43. The van der Waals surface area contributed by atoms with Gasteiger partial charge in [0.05, 0.1) is 0 Å². The number of fused-ring (bicyclic) bond motifs is 7. The molecule has 0 fully saturated rings. The van der Waals surface area contributed by atoms with Gasteiger partial charge in [0.1, 0.15) is 0 Å². The summed E-state index contributed by atoms with van der Waals surface area (Å²) in [5.41, 5.74) is 7.48. The fourth-order valence-electron chi connectivity index (χ4n) is 7.00. The van der Waals surface area contributed by atoms with Gasteiger partial charge in [-0.2, -0.15) is 0 Å². The van der Waals surface area contributed by atoms with Crippen LogP contribution in [0.2, 0.25) is 0 Å². The predicted octanol–water partition coefficient (Wildman–Crippen LogP) is 12.5. The van der Waals surface area contributed by atoms with Crippen LogP contribution in [-0.2, 0) is 0 Å². The van der Waals surface area contributed by atoms with Crippen molar-refractivity contribution in [1.82, 2.24) is 0 Å². The second kappa shape index (κ2) is 9.93. The second-order valence-electron chi connectivity index (χ2n) is 11.7. The minimum atomic E-state index is 1.23. The maximum absolute atomic E-state index is 2.43. The van der Waals surface area contributed by atoms with Crippen LogP contribution >= 0.6 is 0 Å². The first-order chi connectivity index (χ1) is 21.8. The first-order valence-electron chi connectivity index (χ1n) is 15.3. The smallest absolute Gasteiger partial charge is 0.00923 e. The largest absolute Gasteiger partial charge is 0.0622 e. The zero-order valence-electron chi connectivity index (χ0n) is 24.2.